The summed E-state index contributed by atoms with van der Waals surface area (Å²) in [5, 5.41) is 4.23. The molecule has 1 heterocycles. The molecule has 1 fully saturated rings. The lowest BCUT2D eigenvalue weighted by atomic mass is 9.97. The van der Waals surface area contributed by atoms with E-state index >= 15 is 0 Å². The second kappa shape index (κ2) is 9.32. The van der Waals surface area contributed by atoms with E-state index in [1.807, 2.05) is 17.0 Å². The molecule has 0 radical (unpaired) electrons. The minimum Gasteiger partial charge on any atom is -0.388 e. The van der Waals surface area contributed by atoms with Crippen molar-refractivity contribution in [3.8, 4) is 0 Å². The predicted molar refractivity (Wildman–Crippen MR) is 131 cm³/mol. The van der Waals surface area contributed by atoms with E-state index in [-0.39, 0.29) is 11.8 Å². The Morgan fingerprint density at radius 3 is 2.84 bits per heavy atom. The molecule has 1 amide bonds. The average Bonchev–Trinajstić information content (AvgIpc) is 3.02. The number of hydrogen-bond acceptors (Lipinski definition) is 2. The van der Waals surface area contributed by atoms with Gasteiger partial charge < -0.3 is 10.2 Å². The Kier molecular flexibility index (Phi) is 6.52. The number of nitrogens with zero attached hydrogens (tertiary/aromatic N) is 1. The summed E-state index contributed by atoms with van der Waals surface area (Å²) < 4.78 is 0. The molecule has 31 heavy (non-hydrogen) atoms. The fraction of sp³-hybridized carbons (Fsp3) is 0.370. The van der Waals surface area contributed by atoms with Gasteiger partial charge in [0.05, 0.1) is 5.92 Å². The summed E-state index contributed by atoms with van der Waals surface area (Å²) in [5.74, 6) is -0.0157. The first-order chi connectivity index (χ1) is 14.9. The van der Waals surface area contributed by atoms with Gasteiger partial charge in [-0.05, 0) is 98.0 Å². The quantitative estimate of drug-likeness (QED) is 0.585. The van der Waals surface area contributed by atoms with Gasteiger partial charge in [-0.3, -0.25) is 4.79 Å². The molecule has 1 saturated heterocycles. The van der Waals surface area contributed by atoms with Crippen molar-refractivity contribution >= 4 is 28.8 Å². The zero-order chi connectivity index (χ0) is 22.0. The first-order valence-corrected chi connectivity index (χ1v) is 11.6. The second-order valence-corrected chi connectivity index (χ2v) is 9.16. The fourth-order valence-electron chi connectivity index (χ4n) is 4.62. The molecule has 4 heteroatoms. The number of halogens is 1. The Hall–Kier alpha value is -2.52. The van der Waals surface area contributed by atoms with E-state index in [0.29, 0.717) is 0 Å². The van der Waals surface area contributed by atoms with Gasteiger partial charge in [-0.25, -0.2) is 0 Å². The molecule has 0 aromatic heterocycles. The minimum atomic E-state index is -0.161. The Bertz CT molecular complexity index is 1040. The maximum absolute atomic E-state index is 13.1. The van der Waals surface area contributed by atoms with E-state index in [9.17, 15) is 4.79 Å². The zero-order valence-corrected chi connectivity index (χ0v) is 19.3. The lowest BCUT2D eigenvalue weighted by molar-refractivity contribution is -0.119. The fourth-order valence-corrected chi connectivity index (χ4v) is 4.79. The molecule has 1 unspecified atom stereocenters. The molecule has 0 saturated carbocycles. The maximum Gasteiger partial charge on any atom is 0.236 e. The number of aryl methyl sites for hydroxylation is 3. The van der Waals surface area contributed by atoms with Crippen LogP contribution in [0.2, 0.25) is 5.02 Å². The monoisotopic (exact) mass is 434 g/mol. The first-order valence-electron chi connectivity index (χ1n) is 11.2. The number of hydrogen-bond donors (Lipinski definition) is 1. The topological polar surface area (TPSA) is 32.3 Å². The Morgan fingerprint density at radius 1 is 1.19 bits per heavy atom. The van der Waals surface area contributed by atoms with Crippen molar-refractivity contribution in [2.75, 3.05) is 18.0 Å². The highest BCUT2D eigenvalue weighted by Gasteiger charge is 2.34. The van der Waals surface area contributed by atoms with Crippen LogP contribution in [0.1, 0.15) is 47.9 Å². The van der Waals surface area contributed by atoms with E-state index in [1.54, 1.807) is 0 Å². The first kappa shape index (κ1) is 21.7. The molecular weight excluding hydrogens is 404 g/mol. The largest absolute Gasteiger partial charge is 0.388 e. The molecule has 1 atom stereocenters. The molecule has 162 valence electrons. The van der Waals surface area contributed by atoms with Gasteiger partial charge >= 0.3 is 0 Å². The maximum atomic E-state index is 13.1. The number of nitrogens with one attached hydrogen (secondary N) is 1. The van der Waals surface area contributed by atoms with E-state index < -0.39 is 0 Å². The van der Waals surface area contributed by atoms with E-state index in [4.69, 9.17) is 11.6 Å². The third-order valence-corrected chi connectivity index (χ3v) is 6.87. The smallest absolute Gasteiger partial charge is 0.236 e. The second-order valence-electron chi connectivity index (χ2n) is 8.72. The number of carbonyl (C=O) groups excluding carboxylic acids is 1. The molecule has 2 aromatic rings. The third-order valence-electron chi connectivity index (χ3n) is 6.63. The highest BCUT2D eigenvalue weighted by Crippen LogP contribution is 2.31. The summed E-state index contributed by atoms with van der Waals surface area (Å²) in [6.45, 7) is 9.90. The molecular formula is C27H31ClN2O. The summed E-state index contributed by atoms with van der Waals surface area (Å²) in [6.07, 6.45) is 7.40. The van der Waals surface area contributed by atoms with Crippen molar-refractivity contribution in [2.45, 2.75) is 46.0 Å². The Labute approximate surface area is 190 Å². The standard InChI is InChI=1S/C27H31ClN2O/c1-18-8-11-24(16-19(18)2)30-15-13-25(27(30)31)20(3)29-14-12-22-7-5-4-6-21-9-10-23(28)17-26(21)22/h7-11,16-17,25,29H,3-6,12-15H2,1-2H3. The van der Waals surface area contributed by atoms with Gasteiger partial charge in [-0.1, -0.05) is 36.4 Å². The van der Waals surface area contributed by atoms with Gasteiger partial charge in [0.2, 0.25) is 5.91 Å². The van der Waals surface area contributed by atoms with Crippen LogP contribution in [-0.2, 0) is 11.2 Å². The van der Waals surface area contributed by atoms with Crippen molar-refractivity contribution < 1.29 is 4.79 Å². The highest BCUT2D eigenvalue weighted by atomic mass is 35.5. The number of amides is 1. The van der Waals surface area contributed by atoms with Gasteiger partial charge in [-0.2, -0.15) is 0 Å². The SMILES string of the molecule is C=C(NCCC1=CCCCc2ccc(Cl)cc21)C1CCN(c2ccc(C)c(C)c2)C1=O. The van der Waals surface area contributed by atoms with Crippen LogP contribution in [0.5, 0.6) is 0 Å². The van der Waals surface area contributed by atoms with E-state index in [1.165, 1.54) is 34.2 Å². The summed E-state index contributed by atoms with van der Waals surface area (Å²) in [6, 6.07) is 12.5. The molecule has 2 aliphatic rings. The number of benzene rings is 2. The average molecular weight is 435 g/mol. The van der Waals surface area contributed by atoms with Crippen molar-refractivity contribution in [3.63, 3.8) is 0 Å². The van der Waals surface area contributed by atoms with Gasteiger partial charge in [0.15, 0.2) is 0 Å². The van der Waals surface area contributed by atoms with Gasteiger partial charge in [0.25, 0.3) is 0 Å². The van der Waals surface area contributed by atoms with E-state index in [2.05, 4.69) is 56.1 Å². The lowest BCUT2D eigenvalue weighted by Crippen LogP contribution is -2.30. The number of allylic oxidation sites excluding steroid dienone is 1. The molecule has 0 spiro atoms. The molecule has 1 aliphatic carbocycles. The van der Waals surface area contributed by atoms with Crippen LogP contribution in [-0.4, -0.2) is 19.0 Å². The highest BCUT2D eigenvalue weighted by molar-refractivity contribution is 6.30. The molecule has 1 aliphatic heterocycles. The summed E-state index contributed by atoms with van der Waals surface area (Å²) in [7, 11) is 0. The van der Waals surface area contributed by atoms with E-state index in [0.717, 1.165) is 55.2 Å². The Morgan fingerprint density at radius 2 is 2.03 bits per heavy atom. The molecule has 4 rings (SSSR count). The van der Waals surface area contributed by atoms with Gasteiger partial charge in [-0.15, -0.1) is 0 Å². The zero-order valence-electron chi connectivity index (χ0n) is 18.5. The normalized spacial score (nSPS) is 18.4. The van der Waals surface area contributed by atoms with Gasteiger partial charge in [0.1, 0.15) is 0 Å². The van der Waals surface area contributed by atoms with Crippen LogP contribution in [0.3, 0.4) is 0 Å². The van der Waals surface area contributed by atoms with Crippen molar-refractivity contribution in [2.24, 2.45) is 5.92 Å². The summed E-state index contributed by atoms with van der Waals surface area (Å²) >= 11 is 6.27. The van der Waals surface area contributed by atoms with Crippen LogP contribution < -0.4 is 10.2 Å². The van der Waals surface area contributed by atoms with Crippen LogP contribution in [0.15, 0.2) is 54.8 Å². The van der Waals surface area contributed by atoms with Crippen molar-refractivity contribution in [1.29, 1.82) is 0 Å². The minimum absolute atomic E-state index is 0.145. The lowest BCUT2D eigenvalue weighted by Gasteiger charge is -2.20. The van der Waals surface area contributed by atoms with Crippen LogP contribution in [0.4, 0.5) is 5.69 Å². The van der Waals surface area contributed by atoms with Gasteiger partial charge in [0, 0.05) is 29.5 Å². The molecule has 1 N–H and O–H groups in total. The molecule has 0 bridgehead atoms. The molecule has 2 aromatic carbocycles. The number of rotatable bonds is 6. The molecule has 3 nitrogen and oxygen atoms in total. The van der Waals surface area contributed by atoms with Crippen molar-refractivity contribution in [1.82, 2.24) is 5.32 Å². The van der Waals surface area contributed by atoms with Crippen molar-refractivity contribution in [3.05, 3.63) is 82.0 Å². The summed E-state index contributed by atoms with van der Waals surface area (Å²) in [5.41, 5.74) is 8.26. The summed E-state index contributed by atoms with van der Waals surface area (Å²) in [4.78, 5) is 15.0. The van der Waals surface area contributed by atoms with Crippen LogP contribution in [0.25, 0.3) is 5.57 Å². The number of anilines is 1. The van der Waals surface area contributed by atoms with Crippen LogP contribution >= 0.6 is 11.6 Å². The number of carbonyl (C=O) groups is 1. The van der Waals surface area contributed by atoms with Crippen LogP contribution in [0, 0.1) is 19.8 Å². The third kappa shape index (κ3) is 4.72. The number of fused-ring (bicyclic) bond motifs is 1. The Balaban J connectivity index is 1.37. The predicted octanol–water partition coefficient (Wildman–Crippen LogP) is 6.22.